The molecule has 114 valence electrons. The molecular formula is C15H22BrF2NO. The summed E-state index contributed by atoms with van der Waals surface area (Å²) in [6.45, 7) is 7.16. The molecule has 1 aromatic rings. The maximum atomic E-state index is 14.0. The molecule has 0 amide bonds. The van der Waals surface area contributed by atoms with Crippen LogP contribution in [-0.2, 0) is 11.2 Å². The predicted molar refractivity (Wildman–Crippen MR) is 80.9 cm³/mol. The number of rotatable bonds is 8. The number of hydrogen-bond donors (Lipinski definition) is 1. The zero-order valence-corrected chi connectivity index (χ0v) is 13.8. The number of halogens is 3. The van der Waals surface area contributed by atoms with E-state index < -0.39 is 11.6 Å². The van der Waals surface area contributed by atoms with Crippen LogP contribution in [0.25, 0.3) is 0 Å². The van der Waals surface area contributed by atoms with Crippen molar-refractivity contribution in [2.24, 2.45) is 0 Å². The molecule has 0 saturated carbocycles. The highest BCUT2D eigenvalue weighted by atomic mass is 79.9. The van der Waals surface area contributed by atoms with Gasteiger partial charge in [0, 0.05) is 11.6 Å². The first kappa shape index (κ1) is 17.5. The zero-order chi connectivity index (χ0) is 15.1. The van der Waals surface area contributed by atoms with E-state index in [-0.39, 0.29) is 28.6 Å². The maximum Gasteiger partial charge on any atom is 0.143 e. The highest BCUT2D eigenvalue weighted by molar-refractivity contribution is 9.10. The first-order chi connectivity index (χ1) is 9.45. The third-order valence-electron chi connectivity index (χ3n) is 2.90. The van der Waals surface area contributed by atoms with Crippen molar-refractivity contribution in [3.63, 3.8) is 0 Å². The van der Waals surface area contributed by atoms with Gasteiger partial charge in [0.25, 0.3) is 0 Å². The van der Waals surface area contributed by atoms with Crippen LogP contribution in [0.2, 0.25) is 0 Å². The number of ether oxygens (including phenoxy) is 1. The molecule has 0 spiro atoms. The maximum absolute atomic E-state index is 14.0. The Hall–Kier alpha value is -0.520. The molecule has 0 aromatic heterocycles. The van der Waals surface area contributed by atoms with E-state index in [0.29, 0.717) is 6.61 Å². The van der Waals surface area contributed by atoms with E-state index >= 15 is 0 Å². The fourth-order valence-electron chi connectivity index (χ4n) is 1.85. The Bertz CT molecular complexity index is 427. The normalized spacial score (nSPS) is 12.9. The lowest BCUT2D eigenvalue weighted by Crippen LogP contribution is -2.37. The number of nitrogens with one attached hydrogen (secondary N) is 1. The van der Waals surface area contributed by atoms with Gasteiger partial charge in [0.15, 0.2) is 0 Å². The van der Waals surface area contributed by atoms with Crippen LogP contribution < -0.4 is 5.32 Å². The Labute approximate surface area is 128 Å². The van der Waals surface area contributed by atoms with Crippen molar-refractivity contribution in [2.45, 2.75) is 45.8 Å². The molecule has 1 N–H and O–H groups in total. The van der Waals surface area contributed by atoms with E-state index in [9.17, 15) is 8.78 Å². The van der Waals surface area contributed by atoms with E-state index in [0.717, 1.165) is 13.0 Å². The molecule has 1 aromatic carbocycles. The molecule has 0 saturated heterocycles. The molecule has 20 heavy (non-hydrogen) atoms. The van der Waals surface area contributed by atoms with E-state index in [1.54, 1.807) is 0 Å². The fourth-order valence-corrected chi connectivity index (χ4v) is 2.22. The standard InChI is InChI=1S/C15H22BrF2NO/c1-4-7-19-11(9-20-10(2)3)8-12-14(17)6-5-13(16)15(12)18/h5-6,10-11,19H,4,7-9H2,1-3H3. The van der Waals surface area contributed by atoms with Crippen molar-refractivity contribution in [2.75, 3.05) is 13.2 Å². The molecule has 2 nitrogen and oxygen atoms in total. The lowest BCUT2D eigenvalue weighted by atomic mass is 10.0. The monoisotopic (exact) mass is 349 g/mol. The summed E-state index contributed by atoms with van der Waals surface area (Å²) in [5, 5.41) is 3.27. The molecule has 5 heteroatoms. The molecule has 1 unspecified atom stereocenters. The average molecular weight is 350 g/mol. The lowest BCUT2D eigenvalue weighted by Gasteiger charge is -2.21. The summed E-state index contributed by atoms with van der Waals surface area (Å²) in [6.07, 6.45) is 1.32. The van der Waals surface area contributed by atoms with Gasteiger partial charge in [-0.2, -0.15) is 0 Å². The van der Waals surface area contributed by atoms with E-state index in [4.69, 9.17) is 4.74 Å². The van der Waals surface area contributed by atoms with Crippen LogP contribution in [0.3, 0.4) is 0 Å². The van der Waals surface area contributed by atoms with Crippen LogP contribution in [0, 0.1) is 11.6 Å². The SMILES string of the molecule is CCCNC(COC(C)C)Cc1c(F)ccc(Br)c1F. The lowest BCUT2D eigenvalue weighted by molar-refractivity contribution is 0.0610. The van der Waals surface area contributed by atoms with E-state index in [1.165, 1.54) is 12.1 Å². The topological polar surface area (TPSA) is 21.3 Å². The summed E-state index contributed by atoms with van der Waals surface area (Å²) in [6, 6.07) is 2.56. The first-order valence-electron chi connectivity index (χ1n) is 6.93. The number of benzene rings is 1. The van der Waals surface area contributed by atoms with E-state index in [2.05, 4.69) is 21.2 Å². The van der Waals surface area contributed by atoms with Crippen LogP contribution in [0.15, 0.2) is 16.6 Å². The van der Waals surface area contributed by atoms with Gasteiger partial charge in [-0.25, -0.2) is 8.78 Å². The third kappa shape index (κ3) is 5.46. The van der Waals surface area contributed by atoms with E-state index in [1.807, 2.05) is 20.8 Å². The van der Waals surface area contributed by atoms with Gasteiger partial charge < -0.3 is 10.1 Å². The van der Waals surface area contributed by atoms with Gasteiger partial charge in [-0.3, -0.25) is 0 Å². The van der Waals surface area contributed by atoms with Gasteiger partial charge in [-0.15, -0.1) is 0 Å². The fraction of sp³-hybridized carbons (Fsp3) is 0.600. The molecule has 0 aliphatic heterocycles. The molecule has 0 aliphatic rings. The summed E-state index contributed by atoms with van der Waals surface area (Å²) >= 11 is 3.09. The second-order valence-electron chi connectivity index (χ2n) is 5.06. The summed E-state index contributed by atoms with van der Waals surface area (Å²) in [5.74, 6) is -1.05. The second kappa shape index (κ2) is 8.70. The van der Waals surface area contributed by atoms with Crippen molar-refractivity contribution in [3.8, 4) is 0 Å². The third-order valence-corrected chi connectivity index (χ3v) is 3.52. The Morgan fingerprint density at radius 1 is 1.30 bits per heavy atom. The molecule has 0 bridgehead atoms. The van der Waals surface area contributed by atoms with Crippen LogP contribution >= 0.6 is 15.9 Å². The molecule has 0 aliphatic carbocycles. The second-order valence-corrected chi connectivity index (χ2v) is 5.91. The van der Waals surface area contributed by atoms with Crippen LogP contribution in [0.4, 0.5) is 8.78 Å². The Balaban J connectivity index is 2.80. The van der Waals surface area contributed by atoms with Gasteiger partial charge in [-0.05, 0) is 61.3 Å². The van der Waals surface area contributed by atoms with Gasteiger partial charge in [0.2, 0.25) is 0 Å². The summed E-state index contributed by atoms with van der Waals surface area (Å²) in [5.41, 5.74) is 0.0975. The Morgan fingerprint density at radius 2 is 2.00 bits per heavy atom. The van der Waals surface area contributed by atoms with Gasteiger partial charge in [-0.1, -0.05) is 6.92 Å². The highest BCUT2D eigenvalue weighted by Crippen LogP contribution is 2.22. The Morgan fingerprint density at radius 3 is 2.60 bits per heavy atom. The smallest absolute Gasteiger partial charge is 0.143 e. The minimum absolute atomic E-state index is 0.0955. The Kier molecular flexibility index (Phi) is 7.62. The molecule has 1 atom stereocenters. The molecule has 0 fully saturated rings. The van der Waals surface area contributed by atoms with Crippen molar-refractivity contribution in [3.05, 3.63) is 33.8 Å². The summed E-state index contributed by atoms with van der Waals surface area (Å²) < 4.78 is 33.6. The van der Waals surface area contributed by atoms with Crippen molar-refractivity contribution < 1.29 is 13.5 Å². The molecule has 1 rings (SSSR count). The predicted octanol–water partition coefficient (Wildman–Crippen LogP) is 4.06. The average Bonchev–Trinajstić information content (AvgIpc) is 2.41. The summed E-state index contributed by atoms with van der Waals surface area (Å²) in [4.78, 5) is 0. The minimum Gasteiger partial charge on any atom is -0.377 e. The van der Waals surface area contributed by atoms with Gasteiger partial charge >= 0.3 is 0 Å². The minimum atomic E-state index is -0.530. The van der Waals surface area contributed by atoms with Gasteiger partial charge in [0.1, 0.15) is 11.6 Å². The molecule has 0 radical (unpaired) electrons. The van der Waals surface area contributed by atoms with Crippen LogP contribution in [0.1, 0.15) is 32.8 Å². The zero-order valence-electron chi connectivity index (χ0n) is 12.2. The van der Waals surface area contributed by atoms with Crippen molar-refractivity contribution in [1.82, 2.24) is 5.32 Å². The van der Waals surface area contributed by atoms with Crippen LogP contribution in [-0.4, -0.2) is 25.3 Å². The van der Waals surface area contributed by atoms with Crippen LogP contribution in [0.5, 0.6) is 0 Å². The highest BCUT2D eigenvalue weighted by Gasteiger charge is 2.18. The molecular weight excluding hydrogens is 328 g/mol. The van der Waals surface area contributed by atoms with Gasteiger partial charge in [0.05, 0.1) is 17.2 Å². The first-order valence-corrected chi connectivity index (χ1v) is 7.72. The quantitative estimate of drug-likeness (QED) is 0.714. The molecule has 0 heterocycles. The largest absolute Gasteiger partial charge is 0.377 e. The summed E-state index contributed by atoms with van der Waals surface area (Å²) in [7, 11) is 0. The number of hydrogen-bond acceptors (Lipinski definition) is 2. The van der Waals surface area contributed by atoms with Crippen molar-refractivity contribution >= 4 is 15.9 Å². The van der Waals surface area contributed by atoms with Crippen molar-refractivity contribution in [1.29, 1.82) is 0 Å².